The molecular weight excluding hydrogens is 671 g/mol. The van der Waals surface area contributed by atoms with Gasteiger partial charge in [-0.15, -0.1) is 0 Å². The van der Waals surface area contributed by atoms with Crippen LogP contribution in [0.4, 0.5) is 15.8 Å². The van der Waals surface area contributed by atoms with Gasteiger partial charge in [-0.2, -0.15) is 0 Å². The number of methoxy groups -OCH3 is 2. The van der Waals surface area contributed by atoms with E-state index in [9.17, 15) is 18.0 Å². The lowest BCUT2D eigenvalue weighted by atomic mass is 9.72. The van der Waals surface area contributed by atoms with Crippen molar-refractivity contribution in [2.75, 3.05) is 55.4 Å². The number of nitrogens with zero attached hydrogens (tertiary/aromatic N) is 4. The molecule has 3 heterocycles. The fraction of sp³-hybridized carbons (Fsp3) is 0.250. The molecule has 1 saturated heterocycles. The van der Waals surface area contributed by atoms with Crippen LogP contribution in [0.1, 0.15) is 23.1 Å². The third kappa shape index (κ3) is 6.33. The highest BCUT2D eigenvalue weighted by molar-refractivity contribution is 7.93. The van der Waals surface area contributed by atoms with E-state index in [1.807, 2.05) is 12.1 Å². The molecule has 2 aliphatic rings. The molecule has 0 saturated carbocycles. The van der Waals surface area contributed by atoms with Gasteiger partial charge in [0.05, 0.1) is 25.7 Å². The Morgan fingerprint density at radius 3 is 2.41 bits per heavy atom. The van der Waals surface area contributed by atoms with Gasteiger partial charge in [-0.05, 0) is 42.5 Å². The molecule has 1 atom stereocenters. The van der Waals surface area contributed by atoms with E-state index in [1.165, 1.54) is 56.7 Å². The number of piperazine rings is 1. The van der Waals surface area contributed by atoms with Crippen molar-refractivity contribution >= 4 is 50.9 Å². The summed E-state index contributed by atoms with van der Waals surface area (Å²) in [5.41, 5.74) is -0.573. The molecular formula is C36H34ClFN4O6S. The van der Waals surface area contributed by atoms with Crippen LogP contribution in [-0.4, -0.2) is 76.3 Å². The Morgan fingerprint density at radius 1 is 0.980 bits per heavy atom. The number of pyridine rings is 1. The SMILES string of the molecule is COc1ccc(C=CCS(=O)(=O)N2C(=O)C(CC(=O)N3CCN(c4ccncc4)CC3)(c3ccccc3F)c3c(Cl)cccc32)c(OC)c1. The number of aromatic nitrogens is 1. The first-order valence-electron chi connectivity index (χ1n) is 15.5. The zero-order valence-corrected chi connectivity index (χ0v) is 28.5. The second-order valence-electron chi connectivity index (χ2n) is 11.6. The van der Waals surface area contributed by atoms with Crippen LogP contribution in [0, 0.1) is 5.82 Å². The Kier molecular flexibility index (Phi) is 9.62. The number of rotatable bonds is 10. The van der Waals surface area contributed by atoms with Gasteiger partial charge in [-0.1, -0.05) is 48.0 Å². The lowest BCUT2D eigenvalue weighted by molar-refractivity contribution is -0.135. The number of amides is 2. The normalized spacial score (nSPS) is 17.8. The number of anilines is 2. The molecule has 49 heavy (non-hydrogen) atoms. The van der Waals surface area contributed by atoms with E-state index in [2.05, 4.69) is 9.88 Å². The third-order valence-electron chi connectivity index (χ3n) is 8.92. The number of carbonyl (C=O) groups is 2. The largest absolute Gasteiger partial charge is 0.497 e. The summed E-state index contributed by atoms with van der Waals surface area (Å²) < 4.78 is 55.3. The fourth-order valence-electron chi connectivity index (χ4n) is 6.52. The van der Waals surface area contributed by atoms with E-state index in [0.717, 1.165) is 5.69 Å². The summed E-state index contributed by atoms with van der Waals surface area (Å²) in [6.45, 7) is 1.75. The molecule has 0 spiro atoms. The van der Waals surface area contributed by atoms with E-state index in [4.69, 9.17) is 21.1 Å². The molecule has 4 aromatic rings. The fourth-order valence-corrected chi connectivity index (χ4v) is 8.20. The highest BCUT2D eigenvalue weighted by Crippen LogP contribution is 2.53. The van der Waals surface area contributed by atoms with Crippen LogP contribution >= 0.6 is 11.6 Å². The van der Waals surface area contributed by atoms with Crippen LogP contribution in [0.5, 0.6) is 11.5 Å². The van der Waals surface area contributed by atoms with Gasteiger partial charge in [0.2, 0.25) is 15.9 Å². The van der Waals surface area contributed by atoms with Crippen molar-refractivity contribution in [1.29, 1.82) is 0 Å². The number of sulfonamides is 1. The van der Waals surface area contributed by atoms with Crippen molar-refractivity contribution < 1.29 is 31.9 Å². The van der Waals surface area contributed by atoms with Crippen molar-refractivity contribution in [1.82, 2.24) is 9.88 Å². The number of ether oxygens (including phenoxy) is 2. The average molecular weight is 705 g/mol. The van der Waals surface area contributed by atoms with Crippen molar-refractivity contribution in [2.24, 2.45) is 0 Å². The number of halogens is 2. The first-order chi connectivity index (χ1) is 23.6. The minimum Gasteiger partial charge on any atom is -0.497 e. The first-order valence-corrected chi connectivity index (χ1v) is 17.5. The van der Waals surface area contributed by atoms with Gasteiger partial charge >= 0.3 is 0 Å². The second kappa shape index (κ2) is 13.9. The smallest absolute Gasteiger partial charge is 0.256 e. The molecule has 3 aromatic carbocycles. The molecule has 10 nitrogen and oxygen atoms in total. The topological polar surface area (TPSA) is 109 Å². The standard InChI is InChI=1S/C36H34ClFN4O6S/c1-47-27-13-12-25(32(23-27)48-2)7-6-22-49(45,46)42-31-11-5-9-29(37)34(31)36(35(42)44,28-8-3-4-10-30(28)38)24-33(43)41-20-18-40(19-21-41)26-14-16-39-17-15-26/h3-17,23H,18-22,24H2,1-2H3. The van der Waals surface area contributed by atoms with Gasteiger partial charge < -0.3 is 19.3 Å². The molecule has 1 aromatic heterocycles. The molecule has 2 aliphatic heterocycles. The summed E-state index contributed by atoms with van der Waals surface area (Å²) in [6.07, 6.45) is 5.83. The van der Waals surface area contributed by atoms with E-state index >= 15 is 4.39 Å². The molecule has 0 aliphatic carbocycles. The zero-order chi connectivity index (χ0) is 34.8. The average Bonchev–Trinajstić information content (AvgIpc) is 3.37. The summed E-state index contributed by atoms with van der Waals surface area (Å²) in [6, 6.07) is 18.9. The lowest BCUT2D eigenvalue weighted by Gasteiger charge is -2.38. The maximum Gasteiger partial charge on any atom is 0.256 e. The molecule has 2 amide bonds. The molecule has 0 radical (unpaired) electrons. The summed E-state index contributed by atoms with van der Waals surface area (Å²) in [4.78, 5) is 36.7. The summed E-state index contributed by atoms with van der Waals surface area (Å²) in [7, 11) is -1.41. The number of hydrogen-bond donors (Lipinski definition) is 0. The second-order valence-corrected chi connectivity index (χ2v) is 13.9. The van der Waals surface area contributed by atoms with Gasteiger partial charge in [0.25, 0.3) is 5.91 Å². The van der Waals surface area contributed by atoms with Crippen LogP contribution in [0.15, 0.2) is 91.3 Å². The predicted octanol–water partition coefficient (Wildman–Crippen LogP) is 5.31. The Morgan fingerprint density at radius 2 is 1.71 bits per heavy atom. The van der Waals surface area contributed by atoms with Gasteiger partial charge in [0.15, 0.2) is 0 Å². The van der Waals surface area contributed by atoms with Crippen LogP contribution in [0.2, 0.25) is 5.02 Å². The number of benzene rings is 3. The van der Waals surface area contributed by atoms with Crippen molar-refractivity contribution in [3.8, 4) is 11.5 Å². The number of carbonyl (C=O) groups excluding carboxylic acids is 2. The van der Waals surface area contributed by atoms with E-state index in [1.54, 1.807) is 47.6 Å². The van der Waals surface area contributed by atoms with Crippen LogP contribution < -0.4 is 18.7 Å². The molecule has 0 bridgehead atoms. The van der Waals surface area contributed by atoms with Crippen LogP contribution in [0.3, 0.4) is 0 Å². The summed E-state index contributed by atoms with van der Waals surface area (Å²) in [5, 5.41) is 0.0422. The Bertz CT molecular complexity index is 2020. The van der Waals surface area contributed by atoms with Gasteiger partial charge in [-0.25, -0.2) is 17.1 Å². The highest BCUT2D eigenvalue weighted by atomic mass is 35.5. The minimum atomic E-state index is -4.42. The Hall–Kier alpha value is -4.94. The summed E-state index contributed by atoms with van der Waals surface area (Å²) in [5.74, 6) is -1.73. The number of fused-ring (bicyclic) bond motifs is 1. The van der Waals surface area contributed by atoms with E-state index in [0.29, 0.717) is 47.5 Å². The number of hydrogen-bond acceptors (Lipinski definition) is 8. The van der Waals surface area contributed by atoms with E-state index in [-0.39, 0.29) is 21.8 Å². The van der Waals surface area contributed by atoms with Gasteiger partial charge in [-0.3, -0.25) is 14.6 Å². The first kappa shape index (κ1) is 33.9. The monoisotopic (exact) mass is 704 g/mol. The quantitative estimate of drug-likeness (QED) is 0.219. The van der Waals surface area contributed by atoms with Crippen LogP contribution in [0.25, 0.3) is 6.08 Å². The van der Waals surface area contributed by atoms with Gasteiger partial charge in [0.1, 0.15) is 22.7 Å². The molecule has 0 N–H and O–H groups in total. The van der Waals surface area contributed by atoms with Crippen LogP contribution in [-0.2, 0) is 25.0 Å². The predicted molar refractivity (Wildman–Crippen MR) is 186 cm³/mol. The molecule has 1 unspecified atom stereocenters. The molecule has 254 valence electrons. The maximum absolute atomic E-state index is 15.8. The Balaban J connectivity index is 1.35. The zero-order valence-electron chi connectivity index (χ0n) is 26.9. The maximum atomic E-state index is 15.8. The highest BCUT2D eigenvalue weighted by Gasteiger charge is 2.58. The van der Waals surface area contributed by atoms with E-state index < -0.39 is 45.2 Å². The van der Waals surface area contributed by atoms with Gasteiger partial charge in [0, 0.05) is 78.5 Å². The van der Waals surface area contributed by atoms with Crippen molar-refractivity contribution in [3.05, 3.63) is 119 Å². The van der Waals surface area contributed by atoms with Crippen molar-refractivity contribution in [2.45, 2.75) is 11.8 Å². The Labute approximate surface area is 289 Å². The third-order valence-corrected chi connectivity index (χ3v) is 10.8. The molecule has 13 heteroatoms. The lowest BCUT2D eigenvalue weighted by Crippen LogP contribution is -2.52. The van der Waals surface area contributed by atoms with Crippen molar-refractivity contribution in [3.63, 3.8) is 0 Å². The molecule has 1 fully saturated rings. The molecule has 6 rings (SSSR count). The summed E-state index contributed by atoms with van der Waals surface area (Å²) >= 11 is 6.76. The minimum absolute atomic E-state index is 0.0218.